The number of halogens is 1. The Morgan fingerprint density at radius 1 is 1.35 bits per heavy atom. The van der Waals surface area contributed by atoms with Crippen molar-refractivity contribution >= 4 is 52.6 Å². The van der Waals surface area contributed by atoms with E-state index in [9.17, 15) is 0 Å². The molecule has 0 saturated carbocycles. The summed E-state index contributed by atoms with van der Waals surface area (Å²) in [5.41, 5.74) is 2.32. The van der Waals surface area contributed by atoms with Crippen molar-refractivity contribution in [3.05, 3.63) is 36.0 Å². The summed E-state index contributed by atoms with van der Waals surface area (Å²) in [5, 5.41) is 8.77. The highest BCUT2D eigenvalue weighted by atomic mass is 127. The minimum atomic E-state index is 0. The number of nitrogens with one attached hydrogen (secondary N) is 3. The van der Waals surface area contributed by atoms with Gasteiger partial charge in [-0.3, -0.25) is 0 Å². The second-order valence-corrected chi connectivity index (χ2v) is 7.00. The van der Waals surface area contributed by atoms with Crippen LogP contribution >= 0.6 is 35.7 Å². The van der Waals surface area contributed by atoms with Crippen molar-refractivity contribution in [3.63, 3.8) is 0 Å². The third-order valence-electron chi connectivity index (χ3n) is 3.86. The molecule has 126 valence electrons. The molecule has 6 heteroatoms. The second kappa shape index (κ2) is 9.42. The van der Waals surface area contributed by atoms with Crippen molar-refractivity contribution < 1.29 is 0 Å². The smallest absolute Gasteiger partial charge is 0.191 e. The van der Waals surface area contributed by atoms with Gasteiger partial charge >= 0.3 is 0 Å². The number of nitrogens with zero attached hydrogens (tertiary/aromatic N) is 1. The Morgan fingerprint density at radius 2 is 2.22 bits per heavy atom. The third-order valence-corrected chi connectivity index (χ3v) is 5.26. The molecule has 1 saturated heterocycles. The van der Waals surface area contributed by atoms with Gasteiger partial charge in [0.25, 0.3) is 0 Å². The van der Waals surface area contributed by atoms with Crippen LogP contribution in [0, 0.1) is 0 Å². The van der Waals surface area contributed by atoms with Crippen molar-refractivity contribution in [2.24, 2.45) is 4.99 Å². The summed E-state index contributed by atoms with van der Waals surface area (Å²) in [6.45, 7) is 4.66. The van der Waals surface area contributed by atoms with Crippen LogP contribution < -0.4 is 10.6 Å². The van der Waals surface area contributed by atoms with E-state index in [0.717, 1.165) is 30.0 Å². The van der Waals surface area contributed by atoms with Crippen LogP contribution in [0.1, 0.15) is 25.5 Å². The number of aromatic amines is 1. The van der Waals surface area contributed by atoms with Crippen molar-refractivity contribution in [2.45, 2.75) is 31.6 Å². The number of thioether (sulfide) groups is 1. The van der Waals surface area contributed by atoms with Crippen LogP contribution in [0.4, 0.5) is 0 Å². The fourth-order valence-electron chi connectivity index (χ4n) is 2.74. The topological polar surface area (TPSA) is 52.2 Å². The molecule has 1 unspecified atom stereocenters. The average molecular weight is 444 g/mol. The molecule has 0 amide bonds. The molecule has 2 aromatic rings. The van der Waals surface area contributed by atoms with Gasteiger partial charge in [0, 0.05) is 29.6 Å². The highest BCUT2D eigenvalue weighted by Gasteiger charge is 2.15. The summed E-state index contributed by atoms with van der Waals surface area (Å²) >= 11 is 2.07. The van der Waals surface area contributed by atoms with E-state index >= 15 is 0 Å². The molecule has 0 aliphatic carbocycles. The number of hydrogen-bond donors (Lipinski definition) is 3. The Hall–Kier alpha value is -0.890. The molecule has 3 N–H and O–H groups in total. The molecule has 1 aliphatic rings. The van der Waals surface area contributed by atoms with Crippen molar-refractivity contribution in [3.8, 4) is 0 Å². The van der Waals surface area contributed by atoms with Crippen LogP contribution in [0.2, 0.25) is 0 Å². The van der Waals surface area contributed by atoms with Crippen molar-refractivity contribution in [2.75, 3.05) is 18.8 Å². The van der Waals surface area contributed by atoms with Crippen LogP contribution in [0.5, 0.6) is 0 Å². The molecule has 0 radical (unpaired) electrons. The van der Waals surface area contributed by atoms with Gasteiger partial charge in [0.1, 0.15) is 0 Å². The van der Waals surface area contributed by atoms with Crippen LogP contribution in [-0.4, -0.2) is 35.0 Å². The maximum absolute atomic E-state index is 4.69. The first-order valence-electron chi connectivity index (χ1n) is 8.05. The molecular weight excluding hydrogens is 419 g/mol. The first kappa shape index (κ1) is 18.4. The second-order valence-electron chi connectivity index (χ2n) is 5.59. The van der Waals surface area contributed by atoms with E-state index in [1.165, 1.54) is 29.5 Å². The number of guanidine groups is 1. The van der Waals surface area contributed by atoms with Gasteiger partial charge in [0.05, 0.1) is 6.54 Å². The Balaban J connectivity index is 0.00000192. The molecule has 0 spiro atoms. The van der Waals surface area contributed by atoms with Gasteiger partial charge in [-0.1, -0.05) is 18.2 Å². The van der Waals surface area contributed by atoms with Crippen LogP contribution in [0.3, 0.4) is 0 Å². The SMILES string of the molecule is CCNC(=NCc1cc2ccccc2[nH]1)NCC1CCCS1.I. The normalized spacial score (nSPS) is 18.0. The van der Waals surface area contributed by atoms with E-state index in [1.807, 2.05) is 0 Å². The predicted molar refractivity (Wildman–Crippen MR) is 112 cm³/mol. The molecule has 1 atom stereocenters. The fourth-order valence-corrected chi connectivity index (χ4v) is 3.94. The number of rotatable bonds is 5. The Labute approximate surface area is 159 Å². The molecule has 4 nitrogen and oxygen atoms in total. The van der Waals surface area contributed by atoms with Gasteiger partial charge in [0.15, 0.2) is 5.96 Å². The van der Waals surface area contributed by atoms with E-state index < -0.39 is 0 Å². The molecule has 1 aromatic carbocycles. The zero-order valence-electron chi connectivity index (χ0n) is 13.5. The van der Waals surface area contributed by atoms with Gasteiger partial charge < -0.3 is 15.6 Å². The lowest BCUT2D eigenvalue weighted by atomic mass is 10.2. The Morgan fingerprint density at radius 3 is 2.96 bits per heavy atom. The van der Waals surface area contributed by atoms with E-state index in [-0.39, 0.29) is 24.0 Å². The maximum atomic E-state index is 4.69. The first-order valence-corrected chi connectivity index (χ1v) is 9.10. The van der Waals surface area contributed by atoms with E-state index in [0.29, 0.717) is 6.54 Å². The van der Waals surface area contributed by atoms with E-state index in [1.54, 1.807) is 0 Å². The molecule has 1 fully saturated rings. The van der Waals surface area contributed by atoms with Crippen LogP contribution in [0.25, 0.3) is 10.9 Å². The summed E-state index contributed by atoms with van der Waals surface area (Å²) in [7, 11) is 0. The average Bonchev–Trinajstić information content (AvgIpc) is 3.18. The number of hydrogen-bond acceptors (Lipinski definition) is 2. The number of H-pyrrole nitrogens is 1. The molecule has 23 heavy (non-hydrogen) atoms. The minimum absolute atomic E-state index is 0. The highest BCUT2D eigenvalue weighted by Crippen LogP contribution is 2.25. The largest absolute Gasteiger partial charge is 0.357 e. The standard InChI is InChI=1S/C17H24N4S.HI/c1-2-18-17(20-12-15-7-5-9-22-15)19-11-14-10-13-6-3-4-8-16(13)21-14;/h3-4,6,8,10,15,21H,2,5,7,9,11-12H2,1H3,(H2,18,19,20);1H. The number of benzene rings is 1. The Bertz CT molecular complexity index is 601. The zero-order chi connectivity index (χ0) is 15.2. The number of fused-ring (bicyclic) bond motifs is 1. The highest BCUT2D eigenvalue weighted by molar-refractivity contribution is 14.0. The van der Waals surface area contributed by atoms with Crippen molar-refractivity contribution in [1.82, 2.24) is 15.6 Å². The summed E-state index contributed by atoms with van der Waals surface area (Å²) in [4.78, 5) is 8.12. The molecule has 1 aromatic heterocycles. The minimum Gasteiger partial charge on any atom is -0.357 e. The van der Waals surface area contributed by atoms with Gasteiger partial charge in [-0.15, -0.1) is 24.0 Å². The number of aliphatic imine (C=N–C) groups is 1. The van der Waals surface area contributed by atoms with Gasteiger partial charge in [0.2, 0.25) is 0 Å². The molecule has 2 heterocycles. The quantitative estimate of drug-likeness (QED) is 0.374. The van der Waals surface area contributed by atoms with Crippen LogP contribution in [0.15, 0.2) is 35.3 Å². The summed E-state index contributed by atoms with van der Waals surface area (Å²) in [5.74, 6) is 2.21. The monoisotopic (exact) mass is 444 g/mol. The lowest BCUT2D eigenvalue weighted by Gasteiger charge is -2.14. The van der Waals surface area contributed by atoms with Crippen LogP contribution in [-0.2, 0) is 6.54 Å². The van der Waals surface area contributed by atoms with E-state index in [2.05, 4.69) is 64.6 Å². The maximum Gasteiger partial charge on any atom is 0.191 e. The van der Waals surface area contributed by atoms with Gasteiger partial charge in [-0.05, 0) is 43.0 Å². The lowest BCUT2D eigenvalue weighted by Crippen LogP contribution is -2.40. The zero-order valence-corrected chi connectivity index (χ0v) is 16.6. The van der Waals surface area contributed by atoms with Gasteiger partial charge in [-0.2, -0.15) is 11.8 Å². The lowest BCUT2D eigenvalue weighted by molar-refractivity contribution is 0.726. The fraction of sp³-hybridized carbons (Fsp3) is 0.471. The predicted octanol–water partition coefficient (Wildman–Crippen LogP) is 3.74. The number of para-hydroxylation sites is 1. The molecule has 0 bridgehead atoms. The van der Waals surface area contributed by atoms with Gasteiger partial charge in [-0.25, -0.2) is 4.99 Å². The summed E-state index contributed by atoms with van der Waals surface area (Å²) in [6.07, 6.45) is 2.67. The third kappa shape index (κ3) is 5.31. The summed E-state index contributed by atoms with van der Waals surface area (Å²) in [6, 6.07) is 10.5. The Kier molecular flexibility index (Phi) is 7.55. The van der Waals surface area contributed by atoms with Crippen molar-refractivity contribution in [1.29, 1.82) is 0 Å². The number of aromatic nitrogens is 1. The first-order chi connectivity index (χ1) is 10.8. The molecule has 3 rings (SSSR count). The van der Waals surface area contributed by atoms with E-state index in [4.69, 9.17) is 4.99 Å². The molecular formula is C17H25IN4S. The summed E-state index contributed by atoms with van der Waals surface area (Å²) < 4.78 is 0. The molecule has 1 aliphatic heterocycles.